The van der Waals surface area contributed by atoms with Gasteiger partial charge in [-0.25, -0.2) is 0 Å². The van der Waals surface area contributed by atoms with Crippen molar-refractivity contribution < 1.29 is 0 Å². The maximum Gasteiger partial charge on any atom is 0.180 e. The zero-order valence-electron chi connectivity index (χ0n) is 5.50. The van der Waals surface area contributed by atoms with E-state index < -0.39 is 0 Å². The molecule has 0 heterocycles. The highest BCUT2D eigenvalue weighted by molar-refractivity contribution is 4.73. The summed E-state index contributed by atoms with van der Waals surface area (Å²) in [5.41, 5.74) is 0. The molecule has 0 rings (SSSR count). The van der Waals surface area contributed by atoms with Crippen LogP contribution in [0.4, 0.5) is 0 Å². The topological polar surface area (TPSA) is 54.1 Å². The lowest BCUT2D eigenvalue weighted by molar-refractivity contribution is 0.312. The molecule has 0 amide bonds. The van der Waals surface area contributed by atoms with Crippen LogP contribution in [0.3, 0.4) is 0 Å². The predicted molar refractivity (Wildman–Crippen MR) is 31.6 cm³/mol. The van der Waals surface area contributed by atoms with Gasteiger partial charge in [0.1, 0.15) is 6.67 Å². The Bertz CT molecular complexity index is 133. The van der Waals surface area contributed by atoms with Crippen molar-refractivity contribution in [1.82, 2.24) is 9.80 Å². The molecule has 0 aromatic rings. The first-order chi connectivity index (χ1) is 4.20. The fourth-order valence-electron chi connectivity index (χ4n) is 0.381. The lowest BCUT2D eigenvalue weighted by Crippen LogP contribution is -2.25. The first kappa shape index (κ1) is 7.58. The standard InChI is InChI=1S/C5H8N4/c1-8(3-6)5-9(2)4-7/h5H2,1-2H3. The van der Waals surface area contributed by atoms with Crippen molar-refractivity contribution in [2.24, 2.45) is 0 Å². The van der Waals surface area contributed by atoms with Crippen LogP contribution >= 0.6 is 0 Å². The van der Waals surface area contributed by atoms with Crippen molar-refractivity contribution in [1.29, 1.82) is 10.5 Å². The third-order valence-electron chi connectivity index (χ3n) is 0.766. The molecule has 0 aliphatic rings. The lowest BCUT2D eigenvalue weighted by atomic mass is 10.8. The number of nitriles is 2. The van der Waals surface area contributed by atoms with Gasteiger partial charge in [0, 0.05) is 14.1 Å². The molecule has 0 aromatic carbocycles. The third-order valence-corrected chi connectivity index (χ3v) is 0.766. The van der Waals surface area contributed by atoms with Crippen LogP contribution < -0.4 is 0 Å². The van der Waals surface area contributed by atoms with Gasteiger partial charge in [0.25, 0.3) is 0 Å². The average Bonchev–Trinajstić information content (AvgIpc) is 1.87. The molecule has 0 N–H and O–H groups in total. The number of hydrogen-bond donors (Lipinski definition) is 0. The van der Waals surface area contributed by atoms with E-state index >= 15 is 0 Å². The molecule has 0 aliphatic heterocycles. The lowest BCUT2D eigenvalue weighted by Gasteiger charge is -2.12. The molecule has 9 heavy (non-hydrogen) atoms. The van der Waals surface area contributed by atoms with Crippen LogP contribution in [0, 0.1) is 22.9 Å². The van der Waals surface area contributed by atoms with Gasteiger partial charge < -0.3 is 0 Å². The van der Waals surface area contributed by atoms with E-state index in [0.29, 0.717) is 6.67 Å². The summed E-state index contributed by atoms with van der Waals surface area (Å²) < 4.78 is 0. The van der Waals surface area contributed by atoms with Gasteiger partial charge in [-0.2, -0.15) is 10.5 Å². The molecule has 0 radical (unpaired) electrons. The van der Waals surface area contributed by atoms with Crippen molar-refractivity contribution in [2.45, 2.75) is 0 Å². The highest BCUT2D eigenvalue weighted by Crippen LogP contribution is 1.80. The highest BCUT2D eigenvalue weighted by atomic mass is 15.3. The van der Waals surface area contributed by atoms with Gasteiger partial charge in [-0.15, -0.1) is 0 Å². The van der Waals surface area contributed by atoms with Gasteiger partial charge in [-0.3, -0.25) is 9.80 Å². The molecule has 4 nitrogen and oxygen atoms in total. The number of hydrogen-bond acceptors (Lipinski definition) is 4. The highest BCUT2D eigenvalue weighted by Gasteiger charge is 1.95. The van der Waals surface area contributed by atoms with Gasteiger partial charge in [0.2, 0.25) is 0 Å². The molecule has 48 valence electrons. The summed E-state index contributed by atoms with van der Waals surface area (Å²) in [6.45, 7) is 0.354. The summed E-state index contributed by atoms with van der Waals surface area (Å²) in [7, 11) is 3.24. The minimum atomic E-state index is 0.354. The van der Waals surface area contributed by atoms with Crippen LogP contribution in [0.25, 0.3) is 0 Å². The van der Waals surface area contributed by atoms with Crippen LogP contribution in [-0.4, -0.2) is 30.6 Å². The van der Waals surface area contributed by atoms with Gasteiger partial charge in [-0.1, -0.05) is 0 Å². The molecule has 0 aromatic heterocycles. The molecule has 0 bridgehead atoms. The summed E-state index contributed by atoms with van der Waals surface area (Å²) in [5, 5.41) is 16.4. The predicted octanol–water partition coefficient (Wildman–Crippen LogP) is -0.230. The Hall–Kier alpha value is -1.42. The molecule has 4 heteroatoms. The van der Waals surface area contributed by atoms with E-state index in [0.717, 1.165) is 0 Å². The Kier molecular flexibility index (Phi) is 3.00. The van der Waals surface area contributed by atoms with Crippen LogP contribution in [0.15, 0.2) is 0 Å². The summed E-state index contributed by atoms with van der Waals surface area (Å²) >= 11 is 0. The fourth-order valence-corrected chi connectivity index (χ4v) is 0.381. The van der Waals surface area contributed by atoms with Crippen molar-refractivity contribution in [3.63, 3.8) is 0 Å². The maximum atomic E-state index is 8.22. The van der Waals surface area contributed by atoms with Gasteiger partial charge >= 0.3 is 0 Å². The van der Waals surface area contributed by atoms with E-state index in [1.54, 1.807) is 14.1 Å². The second-order valence-corrected chi connectivity index (χ2v) is 1.74. The smallest absolute Gasteiger partial charge is 0.180 e. The fraction of sp³-hybridized carbons (Fsp3) is 0.600. The molecule has 0 saturated heterocycles. The maximum absolute atomic E-state index is 8.22. The Morgan fingerprint density at radius 1 is 1.11 bits per heavy atom. The van der Waals surface area contributed by atoms with E-state index in [9.17, 15) is 0 Å². The number of nitrogens with zero attached hydrogens (tertiary/aromatic N) is 4. The normalized spacial score (nSPS) is 7.11. The molecule has 0 saturated carbocycles. The van der Waals surface area contributed by atoms with Crippen LogP contribution in [0.1, 0.15) is 0 Å². The van der Waals surface area contributed by atoms with E-state index in [4.69, 9.17) is 10.5 Å². The zero-order valence-corrected chi connectivity index (χ0v) is 5.50. The van der Waals surface area contributed by atoms with Gasteiger partial charge in [-0.05, 0) is 0 Å². The van der Waals surface area contributed by atoms with Crippen molar-refractivity contribution in [3.8, 4) is 12.4 Å². The summed E-state index contributed by atoms with van der Waals surface area (Å²) in [6, 6.07) is 0. The SMILES string of the molecule is CN(C#N)CN(C)C#N. The van der Waals surface area contributed by atoms with Crippen LogP contribution in [0.2, 0.25) is 0 Å². The molecular weight excluding hydrogens is 116 g/mol. The molecule has 0 spiro atoms. The van der Waals surface area contributed by atoms with Gasteiger partial charge in [0.05, 0.1) is 0 Å². The third kappa shape index (κ3) is 3.19. The van der Waals surface area contributed by atoms with E-state index in [1.807, 2.05) is 12.4 Å². The Labute approximate surface area is 54.5 Å². The molecular formula is C5H8N4. The Morgan fingerprint density at radius 3 is 1.67 bits per heavy atom. The molecule has 0 fully saturated rings. The largest absolute Gasteiger partial charge is 0.294 e. The molecule has 0 unspecified atom stereocenters. The molecule has 0 atom stereocenters. The minimum absolute atomic E-state index is 0.354. The van der Waals surface area contributed by atoms with E-state index in [2.05, 4.69) is 0 Å². The van der Waals surface area contributed by atoms with Crippen molar-refractivity contribution in [2.75, 3.05) is 20.8 Å². The monoisotopic (exact) mass is 124 g/mol. The number of rotatable bonds is 2. The van der Waals surface area contributed by atoms with Crippen LogP contribution in [0.5, 0.6) is 0 Å². The average molecular weight is 124 g/mol. The summed E-state index contributed by atoms with van der Waals surface area (Å²) in [4.78, 5) is 2.73. The van der Waals surface area contributed by atoms with Gasteiger partial charge in [0.15, 0.2) is 12.4 Å². The quantitative estimate of drug-likeness (QED) is 0.290. The minimum Gasteiger partial charge on any atom is -0.294 e. The Balaban J connectivity index is 3.53. The second-order valence-electron chi connectivity index (χ2n) is 1.74. The first-order valence-corrected chi connectivity index (χ1v) is 2.42. The summed E-state index contributed by atoms with van der Waals surface area (Å²) in [6.07, 6.45) is 3.74. The Morgan fingerprint density at radius 2 is 1.44 bits per heavy atom. The second kappa shape index (κ2) is 3.57. The summed E-state index contributed by atoms with van der Waals surface area (Å²) in [5.74, 6) is 0. The van der Waals surface area contributed by atoms with Crippen molar-refractivity contribution in [3.05, 3.63) is 0 Å². The van der Waals surface area contributed by atoms with E-state index in [-0.39, 0.29) is 0 Å². The molecule has 0 aliphatic carbocycles. The van der Waals surface area contributed by atoms with E-state index in [1.165, 1.54) is 9.80 Å². The van der Waals surface area contributed by atoms with Crippen molar-refractivity contribution >= 4 is 0 Å². The zero-order chi connectivity index (χ0) is 7.28. The van der Waals surface area contributed by atoms with Crippen LogP contribution in [-0.2, 0) is 0 Å². The first-order valence-electron chi connectivity index (χ1n) is 2.42.